The molecule has 0 atom stereocenters. The van der Waals surface area contributed by atoms with Crippen LogP contribution < -0.4 is 0 Å². The van der Waals surface area contributed by atoms with Crippen molar-refractivity contribution in [1.82, 2.24) is 4.98 Å². The van der Waals surface area contributed by atoms with Crippen molar-refractivity contribution in [3.8, 4) is 10.6 Å². The number of methoxy groups -OCH3 is 1. The van der Waals surface area contributed by atoms with E-state index in [0.29, 0.717) is 5.76 Å². The molecule has 2 aromatic heterocycles. The Bertz CT molecular complexity index is 910. The molecule has 3 aromatic rings. The zero-order valence-corrected chi connectivity index (χ0v) is 15.2. The van der Waals surface area contributed by atoms with Gasteiger partial charge in [-0.25, -0.2) is 14.6 Å². The van der Waals surface area contributed by atoms with Crippen LogP contribution in [0.5, 0.6) is 0 Å². The largest absolute Gasteiger partial charge is 0.463 e. The van der Waals surface area contributed by atoms with E-state index in [0.717, 1.165) is 17.0 Å². The van der Waals surface area contributed by atoms with Crippen molar-refractivity contribution in [3.63, 3.8) is 0 Å². The summed E-state index contributed by atoms with van der Waals surface area (Å²) in [5.74, 6) is -0.719. The second-order valence-corrected chi connectivity index (χ2v) is 6.28. The van der Waals surface area contributed by atoms with Gasteiger partial charge < -0.3 is 13.9 Å². The van der Waals surface area contributed by atoms with E-state index in [9.17, 15) is 9.59 Å². The normalized spacial score (nSPS) is 10.5. The summed E-state index contributed by atoms with van der Waals surface area (Å²) in [7, 11) is 1.26. The molecule has 1 aromatic carbocycles. The number of benzene rings is 1. The van der Waals surface area contributed by atoms with E-state index in [1.165, 1.54) is 30.1 Å². The molecule has 0 aliphatic heterocycles. The van der Waals surface area contributed by atoms with Crippen LogP contribution in [0.2, 0.25) is 0 Å². The molecule has 0 saturated carbocycles. The summed E-state index contributed by atoms with van der Waals surface area (Å²) in [6.45, 7) is 2.01. The van der Waals surface area contributed by atoms with E-state index in [2.05, 4.69) is 16.6 Å². The molecule has 134 valence electrons. The molecule has 26 heavy (non-hydrogen) atoms. The minimum absolute atomic E-state index is 0.0602. The molecule has 0 spiro atoms. The number of carbonyl (C=O) groups is 2. The monoisotopic (exact) mass is 371 g/mol. The molecule has 0 N–H and O–H groups in total. The third-order valence-electron chi connectivity index (χ3n) is 3.72. The molecule has 0 aliphatic rings. The molecule has 0 bridgehead atoms. The molecule has 0 unspecified atom stereocenters. The third kappa shape index (κ3) is 4.00. The Morgan fingerprint density at radius 2 is 1.88 bits per heavy atom. The van der Waals surface area contributed by atoms with Gasteiger partial charge in [0.15, 0.2) is 5.69 Å². The first-order valence-corrected chi connectivity index (χ1v) is 8.87. The van der Waals surface area contributed by atoms with Gasteiger partial charge in [0.25, 0.3) is 0 Å². The van der Waals surface area contributed by atoms with Crippen LogP contribution >= 0.6 is 11.3 Å². The predicted molar refractivity (Wildman–Crippen MR) is 96.1 cm³/mol. The molecule has 7 heteroatoms. The van der Waals surface area contributed by atoms with Crippen LogP contribution in [0.3, 0.4) is 0 Å². The number of rotatable bonds is 6. The molecule has 0 aliphatic carbocycles. The maximum Gasteiger partial charge on any atom is 0.373 e. The third-order valence-corrected chi connectivity index (χ3v) is 4.61. The number of carbonyl (C=O) groups excluding carboxylic acids is 2. The second-order valence-electron chi connectivity index (χ2n) is 5.42. The van der Waals surface area contributed by atoms with Crippen LogP contribution in [0.15, 0.2) is 46.2 Å². The number of thiazole rings is 1. The van der Waals surface area contributed by atoms with Gasteiger partial charge in [-0.15, -0.1) is 11.3 Å². The zero-order valence-electron chi connectivity index (χ0n) is 14.4. The summed E-state index contributed by atoms with van der Waals surface area (Å²) in [4.78, 5) is 27.8. The summed E-state index contributed by atoms with van der Waals surface area (Å²) in [5.41, 5.74) is 2.44. The SMILES string of the molecule is CCc1ccc(-c2nc(C(=O)OCc3ccc(C(=O)OC)o3)cs2)cc1. The number of aromatic nitrogens is 1. The van der Waals surface area contributed by atoms with E-state index < -0.39 is 11.9 Å². The van der Waals surface area contributed by atoms with Crippen LogP contribution in [0, 0.1) is 0 Å². The van der Waals surface area contributed by atoms with Gasteiger partial charge in [-0.05, 0) is 24.1 Å². The zero-order chi connectivity index (χ0) is 18.5. The maximum atomic E-state index is 12.1. The molecular weight excluding hydrogens is 354 g/mol. The highest BCUT2D eigenvalue weighted by molar-refractivity contribution is 7.13. The summed E-state index contributed by atoms with van der Waals surface area (Å²) >= 11 is 1.38. The van der Waals surface area contributed by atoms with Gasteiger partial charge in [-0.3, -0.25) is 0 Å². The Morgan fingerprint density at radius 3 is 2.58 bits per heavy atom. The van der Waals surface area contributed by atoms with Crippen LogP contribution in [0.25, 0.3) is 10.6 Å². The highest BCUT2D eigenvalue weighted by Crippen LogP contribution is 2.24. The summed E-state index contributed by atoms with van der Waals surface area (Å²) in [5, 5.41) is 2.42. The van der Waals surface area contributed by atoms with Crippen molar-refractivity contribution in [2.75, 3.05) is 7.11 Å². The fourth-order valence-electron chi connectivity index (χ4n) is 2.26. The first-order valence-electron chi connectivity index (χ1n) is 7.99. The number of ether oxygens (including phenoxy) is 2. The topological polar surface area (TPSA) is 78.6 Å². The van der Waals surface area contributed by atoms with Crippen molar-refractivity contribution < 1.29 is 23.5 Å². The van der Waals surface area contributed by atoms with Crippen molar-refractivity contribution >= 4 is 23.3 Å². The molecule has 0 amide bonds. The molecule has 6 nitrogen and oxygen atoms in total. The smallest absolute Gasteiger partial charge is 0.373 e. The Kier molecular flexibility index (Phi) is 5.48. The molecule has 2 heterocycles. The van der Waals surface area contributed by atoms with Crippen LogP contribution in [0.4, 0.5) is 0 Å². The van der Waals surface area contributed by atoms with Crippen molar-refractivity contribution in [1.29, 1.82) is 0 Å². The van der Waals surface area contributed by atoms with Crippen molar-refractivity contribution in [3.05, 3.63) is 64.6 Å². The average Bonchev–Trinajstić information content (AvgIpc) is 3.35. The number of furan rings is 1. The van der Waals surface area contributed by atoms with Gasteiger partial charge in [0.05, 0.1) is 7.11 Å². The minimum atomic E-state index is -0.583. The lowest BCUT2D eigenvalue weighted by Gasteiger charge is -2.01. The lowest BCUT2D eigenvalue weighted by molar-refractivity contribution is 0.0432. The Hall–Kier alpha value is -2.93. The fraction of sp³-hybridized carbons (Fsp3) is 0.211. The lowest BCUT2D eigenvalue weighted by atomic mass is 10.1. The van der Waals surface area contributed by atoms with E-state index >= 15 is 0 Å². The Balaban J connectivity index is 1.62. The van der Waals surface area contributed by atoms with Gasteiger partial charge in [0.2, 0.25) is 5.76 Å². The molecule has 0 fully saturated rings. The number of hydrogen-bond donors (Lipinski definition) is 0. The maximum absolute atomic E-state index is 12.1. The van der Waals surface area contributed by atoms with Crippen LogP contribution in [0.1, 0.15) is 39.3 Å². The van der Waals surface area contributed by atoms with E-state index in [-0.39, 0.29) is 18.1 Å². The van der Waals surface area contributed by atoms with Crippen molar-refractivity contribution in [2.45, 2.75) is 20.0 Å². The van der Waals surface area contributed by atoms with E-state index in [1.54, 1.807) is 11.4 Å². The number of hydrogen-bond acceptors (Lipinski definition) is 7. The minimum Gasteiger partial charge on any atom is -0.463 e. The lowest BCUT2D eigenvalue weighted by Crippen LogP contribution is -2.05. The molecule has 3 rings (SSSR count). The first kappa shape index (κ1) is 17.9. The summed E-state index contributed by atoms with van der Waals surface area (Å²) < 4.78 is 15.0. The van der Waals surface area contributed by atoms with Crippen molar-refractivity contribution in [2.24, 2.45) is 0 Å². The quantitative estimate of drug-likeness (QED) is 0.607. The van der Waals surface area contributed by atoms with Gasteiger partial charge in [0.1, 0.15) is 17.4 Å². The predicted octanol–water partition coefficient (Wildman–Crippen LogP) is 4.11. The summed E-state index contributed by atoms with van der Waals surface area (Å²) in [6.07, 6.45) is 0.972. The van der Waals surface area contributed by atoms with Crippen LogP contribution in [-0.4, -0.2) is 24.0 Å². The highest BCUT2D eigenvalue weighted by atomic mass is 32.1. The Labute approximate surface area is 154 Å². The molecule has 0 radical (unpaired) electrons. The standard InChI is InChI=1S/C19H17NO5S/c1-3-12-4-6-13(7-5-12)17-20-15(11-26-17)18(21)24-10-14-8-9-16(25-14)19(22)23-2/h4-9,11H,3,10H2,1-2H3. The van der Waals surface area contributed by atoms with Gasteiger partial charge in [0, 0.05) is 10.9 Å². The van der Waals surface area contributed by atoms with Gasteiger partial charge in [-0.2, -0.15) is 0 Å². The fourth-order valence-corrected chi connectivity index (χ4v) is 3.05. The first-order chi connectivity index (χ1) is 12.6. The number of nitrogens with zero attached hydrogens (tertiary/aromatic N) is 1. The van der Waals surface area contributed by atoms with E-state index in [4.69, 9.17) is 9.15 Å². The molecular formula is C19H17NO5S. The van der Waals surface area contributed by atoms with Gasteiger partial charge >= 0.3 is 11.9 Å². The Morgan fingerprint density at radius 1 is 1.12 bits per heavy atom. The molecule has 0 saturated heterocycles. The highest BCUT2D eigenvalue weighted by Gasteiger charge is 2.16. The number of aryl methyl sites for hydroxylation is 1. The van der Waals surface area contributed by atoms with Gasteiger partial charge in [-0.1, -0.05) is 31.2 Å². The van der Waals surface area contributed by atoms with E-state index in [1.807, 2.05) is 24.3 Å². The van der Waals surface area contributed by atoms with Crippen LogP contribution in [-0.2, 0) is 22.5 Å². The summed E-state index contributed by atoms with van der Waals surface area (Å²) in [6, 6.07) is 11.1. The average molecular weight is 371 g/mol. The second kappa shape index (κ2) is 7.97. The number of esters is 2.